The summed E-state index contributed by atoms with van der Waals surface area (Å²) in [6, 6.07) is 4.91. The molecule has 0 fully saturated rings. The molecule has 0 aliphatic rings. The minimum absolute atomic E-state index is 0.196. The molecule has 1 aromatic carbocycles. The summed E-state index contributed by atoms with van der Waals surface area (Å²) in [5, 5.41) is 11.9. The van der Waals surface area contributed by atoms with E-state index in [9.17, 15) is 4.79 Å². The molecule has 106 valence electrons. The van der Waals surface area contributed by atoms with Crippen LogP contribution in [-0.4, -0.2) is 27.6 Å². The molecular formula is C15H12ClN3O2. The second-order valence-corrected chi connectivity index (χ2v) is 4.58. The average molecular weight is 302 g/mol. The number of rotatable bonds is 2. The highest BCUT2D eigenvalue weighted by Gasteiger charge is 2.10. The Bertz CT molecular complexity index is 718. The van der Waals surface area contributed by atoms with Crippen molar-refractivity contribution in [1.29, 1.82) is 0 Å². The van der Waals surface area contributed by atoms with Gasteiger partial charge in [-0.15, -0.1) is 0 Å². The molecule has 0 atom stereocenters. The van der Waals surface area contributed by atoms with E-state index < -0.39 is 5.91 Å². The standard InChI is InChI=1S/C15H12ClN3O2/c1-10-8-18-14(9-17-10)15(21)19-13-7-12(16)5-4-11(13)3-2-6-20/h4-5,7-9,20H,6H2,1H3,(H,19,21). The van der Waals surface area contributed by atoms with Gasteiger partial charge in [0.25, 0.3) is 5.91 Å². The summed E-state index contributed by atoms with van der Waals surface area (Å²) in [5.41, 5.74) is 1.93. The summed E-state index contributed by atoms with van der Waals surface area (Å²) in [6.45, 7) is 1.52. The lowest BCUT2D eigenvalue weighted by molar-refractivity contribution is 0.102. The molecule has 2 aromatic rings. The second kappa shape index (κ2) is 6.84. The maximum Gasteiger partial charge on any atom is 0.275 e. The van der Waals surface area contributed by atoms with Crippen molar-refractivity contribution in [3.05, 3.63) is 52.6 Å². The maximum absolute atomic E-state index is 12.1. The number of carbonyl (C=O) groups is 1. The van der Waals surface area contributed by atoms with E-state index in [0.717, 1.165) is 5.69 Å². The second-order valence-electron chi connectivity index (χ2n) is 4.15. The van der Waals surface area contributed by atoms with Crippen LogP contribution in [-0.2, 0) is 0 Å². The number of aromatic nitrogens is 2. The molecule has 0 unspecified atom stereocenters. The molecule has 1 heterocycles. The number of nitrogens with zero attached hydrogens (tertiary/aromatic N) is 2. The van der Waals surface area contributed by atoms with Crippen molar-refractivity contribution in [3.63, 3.8) is 0 Å². The van der Waals surface area contributed by atoms with Crippen molar-refractivity contribution < 1.29 is 9.90 Å². The molecule has 2 rings (SSSR count). The minimum atomic E-state index is -0.406. The van der Waals surface area contributed by atoms with Gasteiger partial charge in [-0.25, -0.2) is 4.98 Å². The van der Waals surface area contributed by atoms with E-state index in [-0.39, 0.29) is 12.3 Å². The number of nitrogens with one attached hydrogen (secondary N) is 1. The fourth-order valence-electron chi connectivity index (χ4n) is 1.56. The molecule has 0 aliphatic carbocycles. The van der Waals surface area contributed by atoms with Crippen molar-refractivity contribution in [2.45, 2.75) is 6.92 Å². The summed E-state index contributed by atoms with van der Waals surface area (Å²) in [7, 11) is 0. The molecule has 0 radical (unpaired) electrons. The largest absolute Gasteiger partial charge is 0.384 e. The van der Waals surface area contributed by atoms with Gasteiger partial charge in [0.05, 0.1) is 17.6 Å². The van der Waals surface area contributed by atoms with Crippen molar-refractivity contribution in [2.75, 3.05) is 11.9 Å². The lowest BCUT2D eigenvalue weighted by Crippen LogP contribution is -2.15. The van der Waals surface area contributed by atoms with Gasteiger partial charge >= 0.3 is 0 Å². The van der Waals surface area contributed by atoms with E-state index in [0.29, 0.717) is 16.3 Å². The summed E-state index contributed by atoms with van der Waals surface area (Å²) in [6.07, 6.45) is 2.91. The number of carbonyl (C=O) groups excluding carboxylic acids is 1. The Morgan fingerprint density at radius 2 is 2.19 bits per heavy atom. The van der Waals surface area contributed by atoms with E-state index >= 15 is 0 Å². The first-order valence-electron chi connectivity index (χ1n) is 6.09. The van der Waals surface area contributed by atoms with Crippen molar-refractivity contribution in [1.82, 2.24) is 9.97 Å². The van der Waals surface area contributed by atoms with Crippen LogP contribution in [0.15, 0.2) is 30.6 Å². The van der Waals surface area contributed by atoms with Crippen LogP contribution in [0.5, 0.6) is 0 Å². The highest BCUT2D eigenvalue weighted by atomic mass is 35.5. The molecule has 2 N–H and O–H groups in total. The van der Waals surface area contributed by atoms with Crippen molar-refractivity contribution >= 4 is 23.2 Å². The van der Waals surface area contributed by atoms with Crippen LogP contribution in [0.4, 0.5) is 5.69 Å². The zero-order valence-corrected chi connectivity index (χ0v) is 12.0. The Balaban J connectivity index is 2.27. The zero-order valence-electron chi connectivity index (χ0n) is 11.2. The van der Waals surface area contributed by atoms with Crippen LogP contribution < -0.4 is 5.32 Å². The Morgan fingerprint density at radius 3 is 2.86 bits per heavy atom. The number of aryl methyl sites for hydroxylation is 1. The molecule has 0 saturated carbocycles. The Labute approximate surface area is 127 Å². The van der Waals surface area contributed by atoms with E-state index in [1.54, 1.807) is 25.1 Å². The van der Waals surface area contributed by atoms with E-state index in [4.69, 9.17) is 16.7 Å². The zero-order chi connectivity index (χ0) is 15.2. The van der Waals surface area contributed by atoms with Gasteiger partial charge in [-0.05, 0) is 25.1 Å². The quantitative estimate of drug-likeness (QED) is 0.832. The lowest BCUT2D eigenvalue weighted by Gasteiger charge is -2.07. The molecule has 6 heteroatoms. The molecule has 1 amide bonds. The van der Waals surface area contributed by atoms with E-state index in [2.05, 4.69) is 27.1 Å². The number of hydrogen-bond donors (Lipinski definition) is 2. The van der Waals surface area contributed by atoms with Gasteiger partial charge in [-0.2, -0.15) is 0 Å². The minimum Gasteiger partial charge on any atom is -0.384 e. The van der Waals surface area contributed by atoms with Crippen LogP contribution in [0.3, 0.4) is 0 Å². The third-order valence-corrected chi connectivity index (χ3v) is 2.78. The summed E-state index contributed by atoms with van der Waals surface area (Å²) in [4.78, 5) is 20.1. The monoisotopic (exact) mass is 301 g/mol. The van der Waals surface area contributed by atoms with Gasteiger partial charge < -0.3 is 10.4 Å². The molecule has 5 nitrogen and oxygen atoms in total. The lowest BCUT2D eigenvalue weighted by atomic mass is 10.1. The topological polar surface area (TPSA) is 75.1 Å². The van der Waals surface area contributed by atoms with Gasteiger partial charge in [0.1, 0.15) is 12.3 Å². The highest BCUT2D eigenvalue weighted by molar-refractivity contribution is 6.31. The molecular weight excluding hydrogens is 290 g/mol. The van der Waals surface area contributed by atoms with Crippen LogP contribution in [0.2, 0.25) is 5.02 Å². The fraction of sp³-hybridized carbons (Fsp3) is 0.133. The fourth-order valence-corrected chi connectivity index (χ4v) is 1.73. The molecule has 0 bridgehead atoms. The van der Waals surface area contributed by atoms with Crippen molar-refractivity contribution in [2.24, 2.45) is 0 Å². The third-order valence-electron chi connectivity index (χ3n) is 2.55. The molecule has 21 heavy (non-hydrogen) atoms. The predicted octanol–water partition coefficient (Wildman–Crippen LogP) is 2.03. The first-order chi connectivity index (χ1) is 10.1. The van der Waals surface area contributed by atoms with Gasteiger partial charge in [-0.3, -0.25) is 9.78 Å². The number of aliphatic hydroxyl groups is 1. The highest BCUT2D eigenvalue weighted by Crippen LogP contribution is 2.21. The molecule has 1 aromatic heterocycles. The average Bonchev–Trinajstić information content (AvgIpc) is 2.47. The number of amides is 1. The summed E-state index contributed by atoms with van der Waals surface area (Å²) >= 11 is 5.92. The number of hydrogen-bond acceptors (Lipinski definition) is 4. The number of halogens is 1. The Kier molecular flexibility index (Phi) is 4.88. The van der Waals surface area contributed by atoms with Gasteiger partial charge in [0.2, 0.25) is 0 Å². The number of anilines is 1. The number of aliphatic hydroxyl groups excluding tert-OH is 1. The van der Waals surface area contributed by atoms with Crippen LogP contribution in [0, 0.1) is 18.8 Å². The maximum atomic E-state index is 12.1. The smallest absolute Gasteiger partial charge is 0.275 e. The normalized spacial score (nSPS) is 9.67. The van der Waals surface area contributed by atoms with Gasteiger partial charge in [0.15, 0.2) is 0 Å². The van der Waals surface area contributed by atoms with Crippen LogP contribution >= 0.6 is 11.6 Å². The van der Waals surface area contributed by atoms with Crippen LogP contribution in [0.25, 0.3) is 0 Å². The van der Waals surface area contributed by atoms with Gasteiger partial charge in [0, 0.05) is 16.8 Å². The first kappa shape index (κ1) is 15.0. The third kappa shape index (κ3) is 4.02. The Hall–Kier alpha value is -2.42. The molecule has 0 saturated heterocycles. The van der Waals surface area contributed by atoms with Gasteiger partial charge in [-0.1, -0.05) is 23.4 Å². The molecule has 0 aliphatic heterocycles. The molecule has 0 spiro atoms. The number of benzene rings is 1. The summed E-state index contributed by atoms with van der Waals surface area (Å²) < 4.78 is 0. The predicted molar refractivity (Wildman–Crippen MR) is 80.1 cm³/mol. The van der Waals surface area contributed by atoms with Crippen molar-refractivity contribution in [3.8, 4) is 11.8 Å². The van der Waals surface area contributed by atoms with Crippen LogP contribution in [0.1, 0.15) is 21.7 Å². The summed E-state index contributed by atoms with van der Waals surface area (Å²) in [5.74, 6) is 4.87. The van der Waals surface area contributed by atoms with E-state index in [1.807, 2.05) is 0 Å². The SMILES string of the molecule is Cc1cnc(C(=O)Nc2cc(Cl)ccc2C#CCO)cn1. The Morgan fingerprint density at radius 1 is 1.38 bits per heavy atom. The first-order valence-corrected chi connectivity index (χ1v) is 6.47. The van der Waals surface area contributed by atoms with E-state index in [1.165, 1.54) is 12.4 Å².